The van der Waals surface area contributed by atoms with Crippen LogP contribution in [0.2, 0.25) is 51.9 Å². The van der Waals surface area contributed by atoms with Gasteiger partial charge in [0.05, 0.1) is 19.0 Å². The van der Waals surface area contributed by atoms with Gasteiger partial charge in [-0.15, -0.1) is 0 Å². The fourth-order valence-corrected chi connectivity index (χ4v) is 19.1. The molecule has 1 heterocycles. The molecule has 1 aromatic carbocycles. The Morgan fingerprint density at radius 1 is 0.638 bits per heavy atom. The van der Waals surface area contributed by atoms with Crippen LogP contribution in [-0.2, 0) is 8.23 Å². The molecule has 0 saturated heterocycles. The summed E-state index contributed by atoms with van der Waals surface area (Å²) in [4.78, 5) is 8.65. The minimum absolute atomic E-state index is 0.224. The molecule has 0 unspecified atom stereocenters. The van der Waals surface area contributed by atoms with Crippen LogP contribution in [0.25, 0.3) is 11.4 Å². The molecule has 268 valence electrons. The van der Waals surface area contributed by atoms with Crippen molar-refractivity contribution in [2.75, 3.05) is 13.2 Å². The minimum atomic E-state index is -2.03. The van der Waals surface area contributed by atoms with Crippen LogP contribution in [-0.4, -0.2) is 60.7 Å². The summed E-state index contributed by atoms with van der Waals surface area (Å²) in [6, 6.07) is 8.93. The standard InChI is InChI=1S/C36H64F2N2O4Si3/c1-9-10-18-21-34(37)35(38)30-42-33-28-39-36(40-29-33)31-22-24-32(25-23-31)41-26-19-16-14-12-11-13-15-17-20-27-46(5,6)44-47(7,8)43-45(2,3)4/h22-25,28-29,34-35H,9-21,26-27,30H2,1-8H3/t34-,35+/m1/s1. The van der Waals surface area contributed by atoms with Crippen LogP contribution in [0, 0.1) is 0 Å². The maximum Gasteiger partial charge on any atom is 0.311 e. The number of hydrogen-bond donors (Lipinski definition) is 0. The van der Waals surface area contributed by atoms with Gasteiger partial charge in [0.15, 0.2) is 34.4 Å². The SMILES string of the molecule is CCCCC[C@@H](F)[C@@H](F)COc1cnc(-c2ccc(OCCCCCCCCCCC[Si](C)(C)O[Si](C)(C)O[Si](C)(C)C)cc2)nc1. The third-order valence-electron chi connectivity index (χ3n) is 7.89. The summed E-state index contributed by atoms with van der Waals surface area (Å²) in [7, 11) is -5.27. The van der Waals surface area contributed by atoms with Gasteiger partial charge in [0.25, 0.3) is 0 Å². The lowest BCUT2D eigenvalue weighted by Gasteiger charge is -2.37. The summed E-state index contributed by atoms with van der Waals surface area (Å²) in [6.07, 6.45) is 13.9. The molecule has 0 aliphatic carbocycles. The molecule has 0 radical (unpaired) electrons. The molecule has 6 nitrogen and oxygen atoms in total. The zero-order valence-electron chi connectivity index (χ0n) is 30.7. The molecule has 11 heteroatoms. The van der Waals surface area contributed by atoms with Crippen molar-refractivity contribution in [1.29, 1.82) is 0 Å². The van der Waals surface area contributed by atoms with Gasteiger partial charge in [0, 0.05) is 5.56 Å². The van der Waals surface area contributed by atoms with Crippen molar-refractivity contribution in [2.45, 2.75) is 155 Å². The fourth-order valence-electron chi connectivity index (χ4n) is 5.85. The van der Waals surface area contributed by atoms with Crippen LogP contribution in [0.1, 0.15) is 90.4 Å². The highest BCUT2D eigenvalue weighted by molar-refractivity contribution is 6.87. The Balaban J connectivity index is 1.52. The average Bonchev–Trinajstić information content (AvgIpc) is 2.99. The molecule has 0 amide bonds. The molecule has 0 saturated carbocycles. The van der Waals surface area contributed by atoms with E-state index < -0.39 is 37.5 Å². The van der Waals surface area contributed by atoms with Crippen LogP contribution in [0.4, 0.5) is 8.78 Å². The van der Waals surface area contributed by atoms with E-state index in [0.717, 1.165) is 30.6 Å². The molecule has 2 rings (SSSR count). The highest BCUT2D eigenvalue weighted by Crippen LogP contribution is 2.25. The maximum atomic E-state index is 14.1. The molecule has 0 N–H and O–H groups in total. The van der Waals surface area contributed by atoms with E-state index in [0.29, 0.717) is 24.6 Å². The number of aromatic nitrogens is 2. The third kappa shape index (κ3) is 19.2. The maximum absolute atomic E-state index is 14.1. The van der Waals surface area contributed by atoms with Crippen LogP contribution >= 0.6 is 0 Å². The number of halogens is 2. The van der Waals surface area contributed by atoms with Crippen LogP contribution in [0.3, 0.4) is 0 Å². The van der Waals surface area contributed by atoms with E-state index in [-0.39, 0.29) is 13.0 Å². The highest BCUT2D eigenvalue weighted by atomic mass is 28.5. The lowest BCUT2D eigenvalue weighted by Crippen LogP contribution is -2.51. The fraction of sp³-hybridized carbons (Fsp3) is 0.722. The second-order valence-electron chi connectivity index (χ2n) is 14.9. The molecule has 2 aromatic rings. The summed E-state index contributed by atoms with van der Waals surface area (Å²) in [5, 5.41) is 0. The largest absolute Gasteiger partial charge is 0.494 e. The van der Waals surface area contributed by atoms with E-state index in [1.807, 2.05) is 31.2 Å². The molecule has 0 aliphatic heterocycles. The second kappa shape index (κ2) is 21.4. The normalized spacial score (nSPS) is 13.8. The van der Waals surface area contributed by atoms with E-state index in [2.05, 4.69) is 55.8 Å². The number of rotatable bonds is 26. The Morgan fingerprint density at radius 3 is 1.79 bits per heavy atom. The average molecular weight is 711 g/mol. The molecule has 0 aliphatic rings. The number of ether oxygens (including phenoxy) is 2. The van der Waals surface area contributed by atoms with E-state index in [1.54, 1.807) is 0 Å². The molecular weight excluding hydrogens is 647 g/mol. The Hall–Kier alpha value is -1.67. The molecule has 0 fully saturated rings. The van der Waals surface area contributed by atoms with E-state index in [4.69, 9.17) is 17.7 Å². The lowest BCUT2D eigenvalue weighted by atomic mass is 10.1. The van der Waals surface area contributed by atoms with Crippen molar-refractivity contribution >= 4 is 25.2 Å². The second-order valence-corrected chi connectivity index (χ2v) is 27.5. The molecule has 47 heavy (non-hydrogen) atoms. The molecule has 2 atom stereocenters. The van der Waals surface area contributed by atoms with Crippen molar-refractivity contribution in [1.82, 2.24) is 9.97 Å². The van der Waals surface area contributed by atoms with Crippen LogP contribution in [0.15, 0.2) is 36.7 Å². The van der Waals surface area contributed by atoms with Gasteiger partial charge in [-0.05, 0) is 89.0 Å². The molecule has 1 aromatic heterocycles. The summed E-state index contributed by atoms with van der Waals surface area (Å²) in [6.45, 7) is 18.3. The zero-order valence-corrected chi connectivity index (χ0v) is 33.7. The van der Waals surface area contributed by atoms with E-state index in [1.165, 1.54) is 69.8 Å². The van der Waals surface area contributed by atoms with Gasteiger partial charge >= 0.3 is 8.56 Å². The number of benzene rings is 1. The van der Waals surface area contributed by atoms with Gasteiger partial charge in [-0.2, -0.15) is 0 Å². The van der Waals surface area contributed by atoms with Gasteiger partial charge in [0.2, 0.25) is 0 Å². The molecule has 0 spiro atoms. The topological polar surface area (TPSA) is 62.7 Å². The first kappa shape index (κ1) is 41.5. The van der Waals surface area contributed by atoms with Crippen molar-refractivity contribution in [2.24, 2.45) is 0 Å². The minimum Gasteiger partial charge on any atom is -0.494 e. The summed E-state index contributed by atoms with van der Waals surface area (Å²) in [5.74, 6) is 1.69. The highest BCUT2D eigenvalue weighted by Gasteiger charge is 2.37. The van der Waals surface area contributed by atoms with E-state index in [9.17, 15) is 8.78 Å². The smallest absolute Gasteiger partial charge is 0.311 e. The Morgan fingerprint density at radius 2 is 1.21 bits per heavy atom. The predicted octanol–water partition coefficient (Wildman–Crippen LogP) is 11.4. The molecular formula is C36H64F2N2O4Si3. The number of hydrogen-bond acceptors (Lipinski definition) is 6. The van der Waals surface area contributed by atoms with E-state index >= 15 is 0 Å². The number of unbranched alkanes of at least 4 members (excludes halogenated alkanes) is 10. The quantitative estimate of drug-likeness (QED) is 0.0715. The van der Waals surface area contributed by atoms with Crippen LogP contribution < -0.4 is 9.47 Å². The summed E-state index contributed by atoms with van der Waals surface area (Å²) >= 11 is 0. The van der Waals surface area contributed by atoms with Gasteiger partial charge in [-0.25, -0.2) is 18.7 Å². The third-order valence-corrected chi connectivity index (χ3v) is 18.0. The summed E-state index contributed by atoms with van der Waals surface area (Å²) in [5.41, 5.74) is 0.851. The van der Waals surface area contributed by atoms with Crippen molar-refractivity contribution in [3.8, 4) is 22.9 Å². The monoisotopic (exact) mass is 710 g/mol. The van der Waals surface area contributed by atoms with Gasteiger partial charge in [0.1, 0.15) is 18.5 Å². The molecule has 0 bridgehead atoms. The number of alkyl halides is 2. The Labute approximate surface area is 288 Å². The van der Waals surface area contributed by atoms with Gasteiger partial charge in [-0.3, -0.25) is 0 Å². The Kier molecular flexibility index (Phi) is 18.9. The zero-order chi connectivity index (χ0) is 34.8. The summed E-state index contributed by atoms with van der Waals surface area (Å²) < 4.78 is 52.3. The number of nitrogens with zero attached hydrogens (tertiary/aromatic N) is 2. The first-order valence-electron chi connectivity index (χ1n) is 18.1. The van der Waals surface area contributed by atoms with Gasteiger partial charge in [-0.1, -0.05) is 77.6 Å². The van der Waals surface area contributed by atoms with Crippen molar-refractivity contribution in [3.05, 3.63) is 36.7 Å². The first-order chi connectivity index (χ1) is 22.2. The van der Waals surface area contributed by atoms with Gasteiger partial charge < -0.3 is 17.7 Å². The van der Waals surface area contributed by atoms with Crippen LogP contribution in [0.5, 0.6) is 11.5 Å². The van der Waals surface area contributed by atoms with Crippen molar-refractivity contribution in [3.63, 3.8) is 0 Å². The lowest BCUT2D eigenvalue weighted by molar-refractivity contribution is 0.101. The Bertz CT molecular complexity index is 1100. The predicted molar refractivity (Wildman–Crippen MR) is 199 cm³/mol. The first-order valence-corrected chi connectivity index (χ1v) is 27.4. The van der Waals surface area contributed by atoms with Crippen molar-refractivity contribution < 1.29 is 26.5 Å².